The Bertz CT molecular complexity index is 744. The number of ether oxygens (including phenoxy) is 2. The largest absolute Gasteiger partial charge is 0.373 e. The van der Waals surface area contributed by atoms with Gasteiger partial charge in [0.15, 0.2) is 0 Å². The van der Waals surface area contributed by atoms with Crippen molar-refractivity contribution in [3.63, 3.8) is 0 Å². The van der Waals surface area contributed by atoms with Crippen LogP contribution in [-0.4, -0.2) is 52.2 Å². The van der Waals surface area contributed by atoms with Crippen LogP contribution in [0, 0.1) is 6.92 Å². The number of pyridine rings is 1. The predicted octanol–water partition coefficient (Wildman–Crippen LogP) is 2.44. The number of nitrogens with zero attached hydrogens (tertiary/aromatic N) is 3. The third kappa shape index (κ3) is 3.44. The van der Waals surface area contributed by atoms with Crippen LogP contribution in [0.3, 0.4) is 0 Å². The third-order valence-corrected chi connectivity index (χ3v) is 5.55. The van der Waals surface area contributed by atoms with E-state index in [1.54, 1.807) is 17.1 Å². The number of likely N-dealkylation sites (tertiary alicyclic amines) is 1. The van der Waals surface area contributed by atoms with Gasteiger partial charge in [0, 0.05) is 30.8 Å². The van der Waals surface area contributed by atoms with E-state index in [-0.39, 0.29) is 17.6 Å². The minimum atomic E-state index is -0.251. The Balaban J connectivity index is 1.32. The van der Waals surface area contributed by atoms with Crippen LogP contribution in [-0.2, 0) is 16.1 Å². The molecular weight excluding hydrogens is 338 g/mol. The van der Waals surface area contributed by atoms with Crippen LogP contribution in [0.5, 0.6) is 0 Å². The van der Waals surface area contributed by atoms with Crippen LogP contribution in [0.1, 0.15) is 34.5 Å². The molecule has 4 heterocycles. The molecule has 25 heavy (non-hydrogen) atoms. The van der Waals surface area contributed by atoms with Gasteiger partial charge in [-0.3, -0.25) is 9.78 Å². The zero-order chi connectivity index (χ0) is 17.3. The third-order valence-electron chi connectivity index (χ3n) is 4.97. The van der Waals surface area contributed by atoms with E-state index in [9.17, 15) is 4.79 Å². The smallest absolute Gasteiger partial charge is 0.273 e. The lowest BCUT2D eigenvalue weighted by molar-refractivity contribution is -0.188. The molecule has 2 saturated heterocycles. The van der Waals surface area contributed by atoms with Crippen LogP contribution in [0.4, 0.5) is 0 Å². The quantitative estimate of drug-likeness (QED) is 0.839. The molecule has 2 aromatic heterocycles. The van der Waals surface area contributed by atoms with Crippen molar-refractivity contribution in [1.82, 2.24) is 14.9 Å². The summed E-state index contributed by atoms with van der Waals surface area (Å²) in [6, 6.07) is 2.00. The molecule has 6 nitrogen and oxygen atoms in total. The first-order valence-electron chi connectivity index (χ1n) is 8.48. The fourth-order valence-electron chi connectivity index (χ4n) is 3.47. The topological polar surface area (TPSA) is 64.6 Å². The predicted molar refractivity (Wildman–Crippen MR) is 93.5 cm³/mol. The molecule has 7 heteroatoms. The summed E-state index contributed by atoms with van der Waals surface area (Å²) < 4.78 is 12.1. The summed E-state index contributed by atoms with van der Waals surface area (Å²) >= 11 is 1.44. The maximum absolute atomic E-state index is 12.3. The molecule has 2 fully saturated rings. The first kappa shape index (κ1) is 16.6. The fourth-order valence-corrected chi connectivity index (χ4v) is 4.00. The molecule has 0 unspecified atom stereocenters. The highest BCUT2D eigenvalue weighted by atomic mass is 32.1. The maximum atomic E-state index is 12.3. The van der Waals surface area contributed by atoms with Gasteiger partial charge >= 0.3 is 0 Å². The van der Waals surface area contributed by atoms with Crippen molar-refractivity contribution in [2.24, 2.45) is 0 Å². The highest BCUT2D eigenvalue weighted by molar-refractivity contribution is 7.07. The number of aryl methyl sites for hydroxylation is 1. The SMILES string of the molecule is Cc1ccncc1CO[C@@H]1CCOC2(C1)CN(C(=O)c1cscn1)C2. The molecule has 0 aromatic carbocycles. The number of carbonyl (C=O) groups is 1. The lowest BCUT2D eigenvalue weighted by atomic mass is 9.84. The fraction of sp³-hybridized carbons (Fsp3) is 0.500. The van der Waals surface area contributed by atoms with Gasteiger partial charge in [0.1, 0.15) is 11.3 Å². The van der Waals surface area contributed by atoms with Gasteiger partial charge in [-0.1, -0.05) is 0 Å². The van der Waals surface area contributed by atoms with Crippen LogP contribution in [0.2, 0.25) is 0 Å². The second kappa shape index (κ2) is 6.82. The van der Waals surface area contributed by atoms with Crippen molar-refractivity contribution in [2.75, 3.05) is 19.7 Å². The number of aromatic nitrogens is 2. The van der Waals surface area contributed by atoms with Crippen molar-refractivity contribution in [2.45, 2.75) is 38.1 Å². The molecule has 0 aliphatic carbocycles. The first-order valence-corrected chi connectivity index (χ1v) is 9.42. The molecule has 0 saturated carbocycles. The Kier molecular flexibility index (Phi) is 4.54. The lowest BCUT2D eigenvalue weighted by Crippen LogP contribution is -2.67. The van der Waals surface area contributed by atoms with Gasteiger partial charge in [0.2, 0.25) is 0 Å². The summed E-state index contributed by atoms with van der Waals surface area (Å²) in [4.78, 5) is 22.4. The highest BCUT2D eigenvalue weighted by Gasteiger charge is 2.49. The van der Waals surface area contributed by atoms with Crippen LogP contribution >= 0.6 is 11.3 Å². The summed E-state index contributed by atoms with van der Waals surface area (Å²) in [5.41, 5.74) is 4.27. The van der Waals surface area contributed by atoms with Gasteiger partial charge in [0.25, 0.3) is 5.91 Å². The molecule has 0 bridgehead atoms. The second-order valence-electron chi connectivity index (χ2n) is 6.79. The molecule has 4 rings (SSSR count). The number of hydrogen-bond acceptors (Lipinski definition) is 6. The summed E-state index contributed by atoms with van der Waals surface area (Å²) in [5.74, 6) is -0.00972. The first-order chi connectivity index (χ1) is 12.2. The van der Waals surface area contributed by atoms with Crippen LogP contribution in [0.25, 0.3) is 0 Å². The van der Waals surface area contributed by atoms with Crippen LogP contribution in [0.15, 0.2) is 29.4 Å². The molecule has 1 amide bonds. The van der Waals surface area contributed by atoms with E-state index in [4.69, 9.17) is 9.47 Å². The number of carbonyl (C=O) groups excluding carboxylic acids is 1. The molecule has 1 spiro atoms. The summed E-state index contributed by atoms with van der Waals surface area (Å²) in [6.07, 6.45) is 5.53. The van der Waals surface area contributed by atoms with E-state index < -0.39 is 0 Å². The molecule has 2 aromatic rings. The summed E-state index contributed by atoms with van der Waals surface area (Å²) in [6.45, 7) is 4.56. The standard InChI is InChI=1S/C18H21N3O3S/c1-13-2-4-19-7-14(13)8-23-15-3-5-24-18(6-15)10-21(11-18)17(22)16-9-25-12-20-16/h2,4,7,9,12,15H,3,5-6,8,10-11H2,1H3/t15-/m1/s1. The molecule has 2 aliphatic heterocycles. The van der Waals surface area contributed by atoms with Crippen molar-refractivity contribution < 1.29 is 14.3 Å². The number of rotatable bonds is 4. The Morgan fingerprint density at radius 1 is 1.52 bits per heavy atom. The minimum Gasteiger partial charge on any atom is -0.373 e. The summed E-state index contributed by atoms with van der Waals surface area (Å²) in [5, 5.41) is 1.79. The van der Waals surface area contributed by atoms with E-state index in [1.807, 2.05) is 17.2 Å². The highest BCUT2D eigenvalue weighted by Crippen LogP contribution is 2.36. The van der Waals surface area contributed by atoms with Crippen LogP contribution < -0.4 is 0 Å². The van der Waals surface area contributed by atoms with Gasteiger partial charge in [0.05, 0.1) is 31.3 Å². The van der Waals surface area contributed by atoms with Gasteiger partial charge in [-0.15, -0.1) is 11.3 Å². The Morgan fingerprint density at radius 2 is 2.40 bits per heavy atom. The maximum Gasteiger partial charge on any atom is 0.273 e. The molecule has 0 radical (unpaired) electrons. The van der Waals surface area contributed by atoms with E-state index in [2.05, 4.69) is 16.9 Å². The van der Waals surface area contributed by atoms with E-state index >= 15 is 0 Å². The minimum absolute atomic E-state index is 0.00972. The van der Waals surface area contributed by atoms with Crippen molar-refractivity contribution >= 4 is 17.2 Å². The second-order valence-corrected chi connectivity index (χ2v) is 7.51. The zero-order valence-electron chi connectivity index (χ0n) is 14.2. The van der Waals surface area contributed by atoms with E-state index in [0.717, 1.165) is 18.4 Å². The van der Waals surface area contributed by atoms with Gasteiger partial charge < -0.3 is 14.4 Å². The Hall–Kier alpha value is -1.83. The number of thiazole rings is 1. The molecule has 132 valence electrons. The normalized spacial score (nSPS) is 22.0. The average Bonchev–Trinajstić information content (AvgIpc) is 3.13. The van der Waals surface area contributed by atoms with Crippen molar-refractivity contribution in [3.8, 4) is 0 Å². The number of amides is 1. The molecular formula is C18H21N3O3S. The van der Waals surface area contributed by atoms with Crippen molar-refractivity contribution in [1.29, 1.82) is 0 Å². The Labute approximate surface area is 150 Å². The molecule has 2 aliphatic rings. The van der Waals surface area contributed by atoms with E-state index in [1.165, 1.54) is 16.9 Å². The summed E-state index contributed by atoms with van der Waals surface area (Å²) in [7, 11) is 0. The zero-order valence-corrected chi connectivity index (χ0v) is 15.0. The lowest BCUT2D eigenvalue weighted by Gasteiger charge is -2.52. The van der Waals surface area contributed by atoms with Crippen molar-refractivity contribution in [3.05, 3.63) is 46.2 Å². The molecule has 0 N–H and O–H groups in total. The van der Waals surface area contributed by atoms with E-state index in [0.29, 0.717) is 32.0 Å². The molecule has 1 atom stereocenters. The number of hydrogen-bond donors (Lipinski definition) is 0. The Morgan fingerprint density at radius 3 is 3.16 bits per heavy atom. The van der Waals surface area contributed by atoms with Gasteiger partial charge in [-0.2, -0.15) is 0 Å². The average molecular weight is 359 g/mol. The van der Waals surface area contributed by atoms with Gasteiger partial charge in [-0.25, -0.2) is 4.98 Å². The monoisotopic (exact) mass is 359 g/mol. The van der Waals surface area contributed by atoms with Gasteiger partial charge in [-0.05, 0) is 30.5 Å².